The van der Waals surface area contributed by atoms with Crippen LogP contribution < -0.4 is 10.1 Å². The molecular weight excluding hydrogens is 286 g/mol. The number of nitrogens with one attached hydrogen (secondary N) is 1. The number of benzene rings is 2. The Morgan fingerprint density at radius 2 is 1.95 bits per heavy atom. The van der Waals surface area contributed by atoms with E-state index in [9.17, 15) is 4.79 Å². The van der Waals surface area contributed by atoms with Crippen LogP contribution in [0.15, 0.2) is 48.5 Å². The van der Waals surface area contributed by atoms with Crippen molar-refractivity contribution in [2.24, 2.45) is 0 Å². The van der Waals surface area contributed by atoms with E-state index in [1.165, 1.54) is 0 Å². The molecule has 1 heterocycles. The van der Waals surface area contributed by atoms with Crippen molar-refractivity contribution in [3.63, 3.8) is 0 Å². The lowest BCUT2D eigenvalue weighted by atomic mass is 10.0. The van der Waals surface area contributed by atoms with Crippen LogP contribution in [0.25, 0.3) is 0 Å². The fourth-order valence-corrected chi connectivity index (χ4v) is 2.72. The second-order valence-corrected chi connectivity index (χ2v) is 5.53. The summed E-state index contributed by atoms with van der Waals surface area (Å²) in [6.07, 6.45) is 0.300. The third-order valence-corrected chi connectivity index (χ3v) is 4.02. The molecule has 0 aliphatic carbocycles. The zero-order valence-electron chi connectivity index (χ0n) is 11.5. The SMILES string of the molecule is O=C(Cc1ccccc1Cl)NC[C@@H]1COc2ccccc21. The minimum absolute atomic E-state index is 0.0209. The lowest BCUT2D eigenvalue weighted by Gasteiger charge is -2.11. The molecule has 0 aromatic heterocycles. The number of para-hydroxylation sites is 1. The minimum Gasteiger partial charge on any atom is -0.493 e. The Bertz CT molecular complexity index is 657. The molecule has 0 unspecified atom stereocenters. The van der Waals surface area contributed by atoms with E-state index >= 15 is 0 Å². The van der Waals surface area contributed by atoms with Crippen molar-refractivity contribution >= 4 is 17.5 Å². The molecule has 1 N–H and O–H groups in total. The number of carbonyl (C=O) groups is 1. The van der Waals surface area contributed by atoms with Gasteiger partial charge in [0.25, 0.3) is 0 Å². The molecule has 0 fully saturated rings. The molecule has 1 amide bonds. The van der Waals surface area contributed by atoms with Gasteiger partial charge in [-0.15, -0.1) is 0 Å². The predicted molar refractivity (Wildman–Crippen MR) is 82.8 cm³/mol. The maximum absolute atomic E-state index is 12.0. The molecule has 1 aliphatic rings. The topological polar surface area (TPSA) is 38.3 Å². The molecule has 0 saturated carbocycles. The summed E-state index contributed by atoms with van der Waals surface area (Å²) in [5, 5.41) is 3.59. The van der Waals surface area contributed by atoms with E-state index in [-0.39, 0.29) is 11.8 Å². The maximum atomic E-state index is 12.0. The normalized spacial score (nSPS) is 16.1. The molecule has 0 saturated heterocycles. The molecule has 2 aromatic rings. The lowest BCUT2D eigenvalue weighted by molar-refractivity contribution is -0.120. The number of ether oxygens (including phenoxy) is 1. The van der Waals surface area contributed by atoms with Crippen LogP contribution in [-0.4, -0.2) is 19.1 Å². The Balaban J connectivity index is 1.57. The van der Waals surface area contributed by atoms with E-state index in [1.54, 1.807) is 6.07 Å². The van der Waals surface area contributed by atoms with Gasteiger partial charge >= 0.3 is 0 Å². The van der Waals surface area contributed by atoms with Gasteiger partial charge in [-0.25, -0.2) is 0 Å². The van der Waals surface area contributed by atoms with Gasteiger partial charge in [-0.3, -0.25) is 4.79 Å². The number of fused-ring (bicyclic) bond motifs is 1. The van der Waals surface area contributed by atoms with E-state index in [2.05, 4.69) is 5.32 Å². The van der Waals surface area contributed by atoms with Crippen LogP contribution in [0.1, 0.15) is 17.0 Å². The molecule has 1 aliphatic heterocycles. The van der Waals surface area contributed by atoms with Crippen molar-refractivity contribution in [1.82, 2.24) is 5.32 Å². The Morgan fingerprint density at radius 3 is 2.81 bits per heavy atom. The van der Waals surface area contributed by atoms with Gasteiger partial charge < -0.3 is 10.1 Å². The summed E-state index contributed by atoms with van der Waals surface area (Å²) >= 11 is 6.06. The lowest BCUT2D eigenvalue weighted by Crippen LogP contribution is -2.30. The summed E-state index contributed by atoms with van der Waals surface area (Å²) in [5.41, 5.74) is 2.01. The first kappa shape index (κ1) is 14.0. The van der Waals surface area contributed by atoms with Gasteiger partial charge in [0, 0.05) is 23.0 Å². The van der Waals surface area contributed by atoms with E-state index in [1.807, 2.05) is 42.5 Å². The quantitative estimate of drug-likeness (QED) is 0.942. The summed E-state index contributed by atoms with van der Waals surface area (Å²) in [6.45, 7) is 1.20. The molecule has 2 aromatic carbocycles. The van der Waals surface area contributed by atoms with Crippen molar-refractivity contribution in [2.45, 2.75) is 12.3 Å². The summed E-state index contributed by atoms with van der Waals surface area (Å²) in [5.74, 6) is 1.12. The summed E-state index contributed by atoms with van der Waals surface area (Å²) in [6, 6.07) is 15.4. The molecular formula is C17H16ClNO2. The van der Waals surface area contributed by atoms with Crippen LogP contribution >= 0.6 is 11.6 Å². The van der Waals surface area contributed by atoms with Crippen molar-refractivity contribution in [3.05, 3.63) is 64.7 Å². The Kier molecular flexibility index (Phi) is 4.11. The molecule has 3 rings (SSSR count). The van der Waals surface area contributed by atoms with Crippen LogP contribution in [0.3, 0.4) is 0 Å². The predicted octanol–water partition coefficient (Wildman–Crippen LogP) is 3.17. The molecule has 0 radical (unpaired) electrons. The monoisotopic (exact) mass is 301 g/mol. The third-order valence-electron chi connectivity index (χ3n) is 3.65. The Labute approximate surface area is 128 Å². The molecule has 3 nitrogen and oxygen atoms in total. The first-order chi connectivity index (χ1) is 10.2. The maximum Gasteiger partial charge on any atom is 0.224 e. The average molecular weight is 302 g/mol. The molecule has 1 atom stereocenters. The van der Waals surface area contributed by atoms with Crippen molar-refractivity contribution < 1.29 is 9.53 Å². The van der Waals surface area contributed by atoms with Crippen molar-refractivity contribution in [1.29, 1.82) is 0 Å². The van der Waals surface area contributed by atoms with Gasteiger partial charge in [-0.05, 0) is 17.7 Å². The van der Waals surface area contributed by atoms with Gasteiger partial charge in [0.15, 0.2) is 0 Å². The number of hydrogen-bond acceptors (Lipinski definition) is 2. The fourth-order valence-electron chi connectivity index (χ4n) is 2.51. The number of rotatable bonds is 4. The number of hydrogen-bond donors (Lipinski definition) is 1. The van der Waals surface area contributed by atoms with Gasteiger partial charge in [0.2, 0.25) is 5.91 Å². The third kappa shape index (κ3) is 3.19. The molecule has 21 heavy (non-hydrogen) atoms. The first-order valence-electron chi connectivity index (χ1n) is 6.96. The van der Waals surface area contributed by atoms with Gasteiger partial charge in [-0.1, -0.05) is 48.0 Å². The Hall–Kier alpha value is -2.00. The van der Waals surface area contributed by atoms with Gasteiger partial charge in [-0.2, -0.15) is 0 Å². The molecule has 4 heteroatoms. The first-order valence-corrected chi connectivity index (χ1v) is 7.33. The second kappa shape index (κ2) is 6.19. The zero-order chi connectivity index (χ0) is 14.7. The van der Waals surface area contributed by atoms with Crippen molar-refractivity contribution in [2.75, 3.05) is 13.2 Å². The summed E-state index contributed by atoms with van der Waals surface area (Å²) in [4.78, 5) is 12.0. The van der Waals surface area contributed by atoms with Crippen molar-refractivity contribution in [3.8, 4) is 5.75 Å². The summed E-state index contributed by atoms with van der Waals surface area (Å²) < 4.78 is 5.61. The fraction of sp³-hybridized carbons (Fsp3) is 0.235. The van der Waals surface area contributed by atoms with E-state index < -0.39 is 0 Å². The van der Waals surface area contributed by atoms with Crippen LogP contribution in [0.2, 0.25) is 5.02 Å². The Morgan fingerprint density at radius 1 is 1.19 bits per heavy atom. The molecule has 0 bridgehead atoms. The highest BCUT2D eigenvalue weighted by molar-refractivity contribution is 6.31. The number of amides is 1. The van der Waals surface area contributed by atoms with E-state index in [0.29, 0.717) is 24.6 Å². The highest BCUT2D eigenvalue weighted by Gasteiger charge is 2.23. The van der Waals surface area contributed by atoms with Gasteiger partial charge in [0.1, 0.15) is 5.75 Å². The molecule has 108 valence electrons. The summed E-state index contributed by atoms with van der Waals surface area (Å²) in [7, 11) is 0. The smallest absolute Gasteiger partial charge is 0.224 e. The highest BCUT2D eigenvalue weighted by atomic mass is 35.5. The van der Waals surface area contributed by atoms with E-state index in [0.717, 1.165) is 16.9 Å². The second-order valence-electron chi connectivity index (χ2n) is 5.12. The standard InChI is InChI=1S/C17H16ClNO2/c18-15-7-3-1-5-12(15)9-17(20)19-10-13-11-21-16-8-4-2-6-14(13)16/h1-8,13H,9-11H2,(H,19,20)/t13-/m1/s1. The molecule has 0 spiro atoms. The van der Waals surface area contributed by atoms with Gasteiger partial charge in [0.05, 0.1) is 13.0 Å². The van der Waals surface area contributed by atoms with Crippen LogP contribution in [-0.2, 0) is 11.2 Å². The largest absolute Gasteiger partial charge is 0.493 e. The van der Waals surface area contributed by atoms with Crippen LogP contribution in [0, 0.1) is 0 Å². The zero-order valence-corrected chi connectivity index (χ0v) is 12.3. The number of halogens is 1. The average Bonchev–Trinajstić information content (AvgIpc) is 2.91. The van der Waals surface area contributed by atoms with Crippen LogP contribution in [0.4, 0.5) is 0 Å². The van der Waals surface area contributed by atoms with Crippen LogP contribution in [0.5, 0.6) is 5.75 Å². The minimum atomic E-state index is -0.0209. The number of carbonyl (C=O) groups excluding carboxylic acids is 1. The highest BCUT2D eigenvalue weighted by Crippen LogP contribution is 2.32. The van der Waals surface area contributed by atoms with E-state index in [4.69, 9.17) is 16.3 Å².